The Morgan fingerprint density at radius 2 is 2.21 bits per heavy atom. The van der Waals surface area contributed by atoms with Gasteiger partial charge in [0.1, 0.15) is 0 Å². The van der Waals surface area contributed by atoms with Gasteiger partial charge in [-0.25, -0.2) is 0 Å². The number of nitrogens with zero attached hydrogens (tertiary/aromatic N) is 4. The van der Waals surface area contributed by atoms with E-state index >= 15 is 0 Å². The van der Waals surface area contributed by atoms with Gasteiger partial charge in [0, 0.05) is 26.1 Å². The summed E-state index contributed by atoms with van der Waals surface area (Å²) in [6, 6.07) is 0. The maximum atomic E-state index is 5.15. The van der Waals surface area contributed by atoms with Crippen molar-refractivity contribution in [2.45, 2.75) is 59.8 Å². The fourth-order valence-corrected chi connectivity index (χ4v) is 3.43. The molecule has 0 saturated carbocycles. The number of rotatable bonds is 6. The first kappa shape index (κ1) is 21.2. The zero-order valence-electron chi connectivity index (χ0n) is 15.5. The molecule has 0 bridgehead atoms. The fraction of sp³-hybridized carbons (Fsp3) is 0.824. The van der Waals surface area contributed by atoms with Crippen molar-refractivity contribution in [3.8, 4) is 0 Å². The van der Waals surface area contributed by atoms with Gasteiger partial charge < -0.3 is 14.7 Å². The Morgan fingerprint density at radius 1 is 1.42 bits per heavy atom. The number of aliphatic imine (C=N–C) groups is 1. The van der Waals surface area contributed by atoms with Gasteiger partial charge in [-0.1, -0.05) is 25.4 Å². The lowest BCUT2D eigenvalue weighted by atomic mass is 9.78. The molecular formula is C17H32IN5O. The van der Waals surface area contributed by atoms with Crippen LogP contribution in [-0.2, 0) is 6.42 Å². The second-order valence-corrected chi connectivity index (χ2v) is 6.81. The first-order valence-electron chi connectivity index (χ1n) is 8.89. The van der Waals surface area contributed by atoms with Crippen LogP contribution in [0.25, 0.3) is 0 Å². The molecule has 138 valence electrons. The van der Waals surface area contributed by atoms with Gasteiger partial charge in [-0.2, -0.15) is 4.98 Å². The minimum absolute atomic E-state index is 0. The summed E-state index contributed by atoms with van der Waals surface area (Å²) in [5.74, 6) is 2.37. The van der Waals surface area contributed by atoms with Crippen LogP contribution in [0.5, 0.6) is 0 Å². The Labute approximate surface area is 162 Å². The van der Waals surface area contributed by atoms with Crippen molar-refractivity contribution in [3.05, 3.63) is 11.7 Å². The smallest absolute Gasteiger partial charge is 0.228 e. The van der Waals surface area contributed by atoms with E-state index in [-0.39, 0.29) is 24.0 Å². The summed E-state index contributed by atoms with van der Waals surface area (Å²) in [6.07, 6.45) is 5.77. The van der Waals surface area contributed by atoms with Crippen molar-refractivity contribution in [2.24, 2.45) is 10.4 Å². The highest BCUT2D eigenvalue weighted by Gasteiger charge is 2.31. The van der Waals surface area contributed by atoms with Gasteiger partial charge >= 0.3 is 0 Å². The second kappa shape index (κ2) is 10.2. The van der Waals surface area contributed by atoms with Gasteiger partial charge in [-0.05, 0) is 38.5 Å². The third-order valence-corrected chi connectivity index (χ3v) is 4.43. The maximum Gasteiger partial charge on any atom is 0.228 e. The van der Waals surface area contributed by atoms with Crippen LogP contribution in [0.1, 0.15) is 58.2 Å². The van der Waals surface area contributed by atoms with Gasteiger partial charge in [-0.3, -0.25) is 4.99 Å². The molecule has 1 atom stereocenters. The molecule has 0 radical (unpaired) electrons. The summed E-state index contributed by atoms with van der Waals surface area (Å²) < 4.78 is 5.15. The van der Waals surface area contributed by atoms with Gasteiger partial charge in [0.2, 0.25) is 5.89 Å². The number of aromatic nitrogens is 2. The lowest BCUT2D eigenvalue weighted by Crippen LogP contribution is -2.49. The average molecular weight is 449 g/mol. The molecule has 0 amide bonds. The van der Waals surface area contributed by atoms with E-state index in [0.717, 1.165) is 25.6 Å². The number of aryl methyl sites for hydroxylation is 1. The summed E-state index contributed by atoms with van der Waals surface area (Å²) in [5.41, 5.74) is 0.410. The SMILES string of the molecule is CCCC1(C)CCCN(C(=NCCc2nc(C)no2)NCC)C1.I. The minimum atomic E-state index is 0. The highest BCUT2D eigenvalue weighted by atomic mass is 127. The Kier molecular flexibility index (Phi) is 9.01. The molecule has 1 unspecified atom stereocenters. The average Bonchev–Trinajstić information content (AvgIpc) is 2.92. The molecule has 1 N–H and O–H groups in total. The van der Waals surface area contributed by atoms with Crippen LogP contribution in [0, 0.1) is 12.3 Å². The second-order valence-electron chi connectivity index (χ2n) is 6.81. The Bertz CT molecular complexity index is 515. The zero-order chi connectivity index (χ0) is 16.7. The molecule has 1 aromatic heterocycles. The van der Waals surface area contributed by atoms with Crippen molar-refractivity contribution in [2.75, 3.05) is 26.2 Å². The lowest BCUT2D eigenvalue weighted by molar-refractivity contribution is 0.142. The molecule has 24 heavy (non-hydrogen) atoms. The third kappa shape index (κ3) is 6.22. The Hall–Kier alpha value is -0.860. The molecule has 1 aliphatic rings. The van der Waals surface area contributed by atoms with Crippen LogP contribution in [0.2, 0.25) is 0 Å². The number of halogens is 1. The van der Waals surface area contributed by atoms with E-state index in [0.29, 0.717) is 30.1 Å². The van der Waals surface area contributed by atoms with Gasteiger partial charge in [-0.15, -0.1) is 24.0 Å². The predicted molar refractivity (Wildman–Crippen MR) is 108 cm³/mol. The number of piperidine rings is 1. The van der Waals surface area contributed by atoms with Gasteiger partial charge in [0.25, 0.3) is 0 Å². The lowest BCUT2D eigenvalue weighted by Gasteiger charge is -2.42. The molecule has 2 heterocycles. The van der Waals surface area contributed by atoms with Crippen LogP contribution >= 0.6 is 24.0 Å². The summed E-state index contributed by atoms with van der Waals surface area (Å²) in [7, 11) is 0. The summed E-state index contributed by atoms with van der Waals surface area (Å²) in [6.45, 7) is 12.4. The first-order valence-corrected chi connectivity index (χ1v) is 8.89. The van der Waals surface area contributed by atoms with E-state index in [1.54, 1.807) is 0 Å². The van der Waals surface area contributed by atoms with E-state index in [4.69, 9.17) is 9.52 Å². The monoisotopic (exact) mass is 449 g/mol. The number of nitrogens with one attached hydrogen (secondary N) is 1. The van der Waals surface area contributed by atoms with Crippen LogP contribution in [0.15, 0.2) is 9.52 Å². The molecule has 1 aliphatic heterocycles. The number of hydrogen-bond donors (Lipinski definition) is 1. The van der Waals surface area contributed by atoms with E-state index in [1.807, 2.05) is 6.92 Å². The fourth-order valence-electron chi connectivity index (χ4n) is 3.43. The molecule has 0 spiro atoms. The third-order valence-electron chi connectivity index (χ3n) is 4.43. The summed E-state index contributed by atoms with van der Waals surface area (Å²) in [5, 5.41) is 7.25. The largest absolute Gasteiger partial charge is 0.357 e. The van der Waals surface area contributed by atoms with Gasteiger partial charge in [0.15, 0.2) is 11.8 Å². The number of likely N-dealkylation sites (tertiary alicyclic amines) is 1. The topological polar surface area (TPSA) is 66.5 Å². The molecule has 1 fully saturated rings. The molecule has 7 heteroatoms. The number of hydrogen-bond acceptors (Lipinski definition) is 4. The molecule has 1 aromatic rings. The normalized spacial score (nSPS) is 21.5. The molecular weight excluding hydrogens is 417 g/mol. The predicted octanol–water partition coefficient (Wildman–Crippen LogP) is 3.41. The molecule has 6 nitrogen and oxygen atoms in total. The van der Waals surface area contributed by atoms with Crippen molar-refractivity contribution < 1.29 is 4.52 Å². The summed E-state index contributed by atoms with van der Waals surface area (Å²) in [4.78, 5) is 11.4. The van der Waals surface area contributed by atoms with Gasteiger partial charge in [0.05, 0.1) is 6.54 Å². The van der Waals surface area contributed by atoms with Crippen LogP contribution in [-0.4, -0.2) is 47.2 Å². The first-order chi connectivity index (χ1) is 11.1. The highest BCUT2D eigenvalue weighted by Crippen LogP contribution is 2.33. The van der Waals surface area contributed by atoms with E-state index in [1.165, 1.54) is 25.7 Å². The zero-order valence-corrected chi connectivity index (χ0v) is 17.8. The molecule has 0 aliphatic carbocycles. The van der Waals surface area contributed by atoms with Crippen LogP contribution in [0.4, 0.5) is 0 Å². The highest BCUT2D eigenvalue weighted by molar-refractivity contribution is 14.0. The van der Waals surface area contributed by atoms with E-state index < -0.39 is 0 Å². The van der Waals surface area contributed by atoms with Crippen molar-refractivity contribution in [1.29, 1.82) is 0 Å². The Balaban J connectivity index is 0.00000288. The molecule has 2 rings (SSSR count). The standard InChI is InChI=1S/C17H31N5O.HI/c1-5-9-17(4)10-7-12-22(13-17)16(18-6-2)19-11-8-15-20-14(3)21-23-15;/h5-13H2,1-4H3,(H,18,19);1H. The molecule has 1 saturated heterocycles. The number of guanidine groups is 1. The summed E-state index contributed by atoms with van der Waals surface area (Å²) >= 11 is 0. The quantitative estimate of drug-likeness (QED) is 0.410. The van der Waals surface area contributed by atoms with E-state index in [2.05, 4.69) is 41.1 Å². The van der Waals surface area contributed by atoms with Crippen molar-refractivity contribution >= 4 is 29.9 Å². The van der Waals surface area contributed by atoms with Crippen LogP contribution in [0.3, 0.4) is 0 Å². The van der Waals surface area contributed by atoms with Crippen LogP contribution < -0.4 is 5.32 Å². The molecule has 0 aromatic carbocycles. The minimum Gasteiger partial charge on any atom is -0.357 e. The maximum absolute atomic E-state index is 5.15. The van der Waals surface area contributed by atoms with Crippen molar-refractivity contribution in [1.82, 2.24) is 20.4 Å². The van der Waals surface area contributed by atoms with E-state index in [9.17, 15) is 0 Å². The van der Waals surface area contributed by atoms with Crippen molar-refractivity contribution in [3.63, 3.8) is 0 Å². The Morgan fingerprint density at radius 3 is 2.83 bits per heavy atom.